The molecule has 0 bridgehead atoms. The molecule has 6 heteroatoms. The molecule has 1 fully saturated rings. The van der Waals surface area contributed by atoms with Crippen molar-refractivity contribution in [2.75, 3.05) is 26.7 Å². The van der Waals surface area contributed by atoms with E-state index in [9.17, 15) is 14.4 Å². The number of rotatable bonds is 3. The van der Waals surface area contributed by atoms with Crippen LogP contribution in [0.1, 0.15) is 28.6 Å². The zero-order valence-corrected chi connectivity index (χ0v) is 12.5. The zero-order chi connectivity index (χ0) is 14.7. The summed E-state index contributed by atoms with van der Waals surface area (Å²) in [6.07, 6.45) is 0.673. The quantitative estimate of drug-likeness (QED) is 0.787. The number of carbonyl (C=O) groups excluding carboxylic acids is 3. The van der Waals surface area contributed by atoms with E-state index in [-0.39, 0.29) is 17.6 Å². The SMILES string of the molecule is CC(=O)c1cc(CC(=O)N2CCC(=O)N(C)CC2)cs1. The van der Waals surface area contributed by atoms with E-state index in [0.717, 1.165) is 5.56 Å². The van der Waals surface area contributed by atoms with E-state index in [0.29, 0.717) is 37.4 Å². The van der Waals surface area contributed by atoms with Gasteiger partial charge in [-0.1, -0.05) is 0 Å². The van der Waals surface area contributed by atoms with Crippen LogP contribution < -0.4 is 0 Å². The van der Waals surface area contributed by atoms with Crippen LogP contribution in [0, 0.1) is 0 Å². The first kappa shape index (κ1) is 14.7. The fourth-order valence-corrected chi connectivity index (χ4v) is 2.93. The van der Waals surface area contributed by atoms with Crippen molar-refractivity contribution in [2.45, 2.75) is 19.8 Å². The Hall–Kier alpha value is -1.69. The number of ketones is 1. The van der Waals surface area contributed by atoms with Gasteiger partial charge in [0, 0.05) is 33.1 Å². The van der Waals surface area contributed by atoms with Crippen LogP contribution in [0.5, 0.6) is 0 Å². The Labute approximate surface area is 122 Å². The topological polar surface area (TPSA) is 57.7 Å². The maximum Gasteiger partial charge on any atom is 0.227 e. The van der Waals surface area contributed by atoms with Gasteiger partial charge in [-0.2, -0.15) is 0 Å². The standard InChI is InChI=1S/C14H18N2O3S/c1-10(17)12-7-11(9-20-12)8-14(19)16-4-3-13(18)15(2)5-6-16/h7,9H,3-6,8H2,1-2H3. The highest BCUT2D eigenvalue weighted by atomic mass is 32.1. The minimum Gasteiger partial charge on any atom is -0.344 e. The normalized spacial score (nSPS) is 16.2. The minimum absolute atomic E-state index is 0.0148. The minimum atomic E-state index is 0.0148. The van der Waals surface area contributed by atoms with Crippen LogP contribution in [0.2, 0.25) is 0 Å². The highest BCUT2D eigenvalue weighted by Gasteiger charge is 2.21. The van der Waals surface area contributed by atoms with Crippen molar-refractivity contribution < 1.29 is 14.4 Å². The summed E-state index contributed by atoms with van der Waals surface area (Å²) in [5, 5.41) is 1.85. The van der Waals surface area contributed by atoms with Gasteiger partial charge in [-0.25, -0.2) is 0 Å². The van der Waals surface area contributed by atoms with E-state index in [4.69, 9.17) is 0 Å². The molecule has 0 aliphatic carbocycles. The number of hydrogen-bond donors (Lipinski definition) is 0. The predicted molar refractivity (Wildman–Crippen MR) is 76.9 cm³/mol. The molecule has 1 aliphatic heterocycles. The van der Waals surface area contributed by atoms with E-state index in [1.165, 1.54) is 18.3 Å². The number of thiophene rings is 1. The zero-order valence-electron chi connectivity index (χ0n) is 11.7. The number of amides is 2. The molecular weight excluding hydrogens is 276 g/mol. The van der Waals surface area contributed by atoms with Crippen molar-refractivity contribution in [2.24, 2.45) is 0 Å². The number of hydrogen-bond acceptors (Lipinski definition) is 4. The van der Waals surface area contributed by atoms with E-state index < -0.39 is 0 Å². The summed E-state index contributed by atoms with van der Waals surface area (Å²) in [5.41, 5.74) is 0.870. The van der Waals surface area contributed by atoms with Crippen LogP contribution in [0.3, 0.4) is 0 Å². The molecule has 5 nitrogen and oxygen atoms in total. The van der Waals surface area contributed by atoms with Gasteiger partial charge in [0.15, 0.2) is 5.78 Å². The van der Waals surface area contributed by atoms with E-state index in [1.54, 1.807) is 22.9 Å². The van der Waals surface area contributed by atoms with Gasteiger partial charge >= 0.3 is 0 Å². The van der Waals surface area contributed by atoms with Crippen molar-refractivity contribution in [3.8, 4) is 0 Å². The smallest absolute Gasteiger partial charge is 0.227 e. The van der Waals surface area contributed by atoms with Crippen molar-refractivity contribution in [3.05, 3.63) is 21.9 Å². The van der Waals surface area contributed by atoms with Crippen molar-refractivity contribution in [1.29, 1.82) is 0 Å². The molecule has 0 spiro atoms. The molecule has 1 aromatic heterocycles. The fraction of sp³-hybridized carbons (Fsp3) is 0.500. The first-order valence-electron chi connectivity index (χ1n) is 6.57. The third kappa shape index (κ3) is 3.45. The van der Waals surface area contributed by atoms with Crippen LogP contribution >= 0.6 is 11.3 Å². The van der Waals surface area contributed by atoms with E-state index in [1.807, 2.05) is 5.38 Å². The van der Waals surface area contributed by atoms with Crippen molar-refractivity contribution in [1.82, 2.24) is 9.80 Å². The molecule has 20 heavy (non-hydrogen) atoms. The van der Waals surface area contributed by atoms with Crippen molar-refractivity contribution in [3.63, 3.8) is 0 Å². The Balaban J connectivity index is 1.97. The number of carbonyl (C=O) groups is 3. The van der Waals surface area contributed by atoms with Gasteiger partial charge in [0.1, 0.15) is 0 Å². The first-order chi connectivity index (χ1) is 9.47. The predicted octanol–water partition coefficient (Wildman–Crippen LogP) is 1.18. The maximum atomic E-state index is 12.2. The van der Waals surface area contributed by atoms with Gasteiger partial charge in [0.25, 0.3) is 0 Å². The summed E-state index contributed by atoms with van der Waals surface area (Å²) in [5.74, 6) is 0.117. The summed E-state index contributed by atoms with van der Waals surface area (Å²) in [7, 11) is 1.76. The molecule has 0 aromatic carbocycles. The lowest BCUT2D eigenvalue weighted by Crippen LogP contribution is -2.35. The molecule has 0 saturated carbocycles. The third-order valence-electron chi connectivity index (χ3n) is 3.44. The molecule has 0 unspecified atom stereocenters. The lowest BCUT2D eigenvalue weighted by Gasteiger charge is -2.20. The average Bonchev–Trinajstić information content (AvgIpc) is 2.79. The first-order valence-corrected chi connectivity index (χ1v) is 7.45. The average molecular weight is 294 g/mol. The Bertz CT molecular complexity index is 538. The van der Waals surface area contributed by atoms with Crippen LogP contribution in [-0.2, 0) is 16.0 Å². The summed E-state index contributed by atoms with van der Waals surface area (Å²) in [6.45, 7) is 3.15. The molecule has 2 rings (SSSR count). The third-order valence-corrected chi connectivity index (χ3v) is 4.52. The lowest BCUT2D eigenvalue weighted by atomic mass is 10.2. The summed E-state index contributed by atoms with van der Waals surface area (Å²) >= 11 is 1.37. The molecule has 108 valence electrons. The Morgan fingerprint density at radius 3 is 2.70 bits per heavy atom. The Kier molecular flexibility index (Phi) is 4.54. The van der Waals surface area contributed by atoms with Gasteiger partial charge in [0.05, 0.1) is 11.3 Å². The Morgan fingerprint density at radius 1 is 1.30 bits per heavy atom. The second-order valence-electron chi connectivity index (χ2n) is 5.00. The molecule has 1 saturated heterocycles. The number of nitrogens with zero attached hydrogens (tertiary/aromatic N) is 2. The lowest BCUT2D eigenvalue weighted by molar-refractivity contribution is -0.130. The Morgan fingerprint density at radius 2 is 2.05 bits per heavy atom. The van der Waals surface area contributed by atoms with Gasteiger partial charge in [-0.15, -0.1) is 11.3 Å². The molecular formula is C14H18N2O3S. The molecule has 0 radical (unpaired) electrons. The number of likely N-dealkylation sites (N-methyl/N-ethyl adjacent to an activating group) is 1. The molecule has 2 heterocycles. The summed E-state index contributed by atoms with van der Waals surface area (Å²) in [6, 6.07) is 1.78. The van der Waals surface area contributed by atoms with Crippen LogP contribution in [0.15, 0.2) is 11.4 Å². The number of Topliss-reactive ketones (excluding diaryl/α,β-unsaturated/α-hetero) is 1. The molecule has 2 amide bonds. The monoisotopic (exact) mass is 294 g/mol. The van der Waals surface area contributed by atoms with Crippen molar-refractivity contribution >= 4 is 28.9 Å². The fourth-order valence-electron chi connectivity index (χ4n) is 2.12. The maximum absolute atomic E-state index is 12.2. The highest BCUT2D eigenvalue weighted by molar-refractivity contribution is 7.12. The van der Waals surface area contributed by atoms with Crippen LogP contribution in [0.25, 0.3) is 0 Å². The molecule has 1 aromatic rings. The largest absolute Gasteiger partial charge is 0.344 e. The molecule has 0 atom stereocenters. The molecule has 0 N–H and O–H groups in total. The van der Waals surface area contributed by atoms with E-state index in [2.05, 4.69) is 0 Å². The summed E-state index contributed by atoms with van der Waals surface area (Å²) in [4.78, 5) is 39.1. The second-order valence-corrected chi connectivity index (χ2v) is 5.91. The van der Waals surface area contributed by atoms with Gasteiger partial charge < -0.3 is 9.80 Å². The van der Waals surface area contributed by atoms with Gasteiger partial charge in [0.2, 0.25) is 11.8 Å². The molecule has 1 aliphatic rings. The summed E-state index contributed by atoms with van der Waals surface area (Å²) < 4.78 is 0. The van der Waals surface area contributed by atoms with E-state index >= 15 is 0 Å². The highest BCUT2D eigenvalue weighted by Crippen LogP contribution is 2.17. The van der Waals surface area contributed by atoms with Crippen LogP contribution in [0.4, 0.5) is 0 Å². The van der Waals surface area contributed by atoms with Crippen LogP contribution in [-0.4, -0.2) is 54.1 Å². The van der Waals surface area contributed by atoms with Gasteiger partial charge in [-0.3, -0.25) is 14.4 Å². The van der Waals surface area contributed by atoms with Gasteiger partial charge in [-0.05, 0) is 23.9 Å². The second kappa shape index (κ2) is 6.17.